The fraction of sp³-hybridized carbons (Fsp3) is 0.625. The number of carbonyl (C=O) groups excluding carboxylic acids is 1. The van der Waals surface area contributed by atoms with Crippen molar-refractivity contribution in [2.45, 2.75) is 51.0 Å². The van der Waals surface area contributed by atoms with Gasteiger partial charge >= 0.3 is 0 Å². The minimum Gasteiger partial charge on any atom is -0.397 e. The average Bonchev–Trinajstić information content (AvgIpc) is 3.30. The lowest BCUT2D eigenvalue weighted by Crippen LogP contribution is -2.38. The van der Waals surface area contributed by atoms with E-state index in [0.29, 0.717) is 23.3 Å². The Labute approximate surface area is 120 Å². The van der Waals surface area contributed by atoms with Crippen molar-refractivity contribution in [2.24, 2.45) is 5.92 Å². The molecule has 0 atom stereocenters. The molecule has 0 radical (unpaired) electrons. The maximum Gasteiger partial charge on any atom is 0.274 e. The van der Waals surface area contributed by atoms with E-state index < -0.39 is 0 Å². The minimum absolute atomic E-state index is 0.0242. The van der Waals surface area contributed by atoms with Gasteiger partial charge in [-0.05, 0) is 43.7 Å². The molecule has 1 aromatic rings. The van der Waals surface area contributed by atoms with Crippen LogP contribution >= 0.6 is 0 Å². The molecule has 4 nitrogen and oxygen atoms in total. The van der Waals surface area contributed by atoms with E-state index in [2.05, 4.69) is 4.98 Å². The van der Waals surface area contributed by atoms with E-state index in [9.17, 15) is 4.79 Å². The van der Waals surface area contributed by atoms with Gasteiger partial charge in [0.25, 0.3) is 5.91 Å². The molecule has 108 valence electrons. The summed E-state index contributed by atoms with van der Waals surface area (Å²) in [6.07, 6.45) is 10.4. The molecular weight excluding hydrogens is 250 g/mol. The predicted octanol–water partition coefficient (Wildman–Crippen LogP) is 2.85. The fourth-order valence-corrected chi connectivity index (χ4v) is 3.16. The van der Waals surface area contributed by atoms with Gasteiger partial charge in [-0.1, -0.05) is 19.3 Å². The van der Waals surface area contributed by atoms with Gasteiger partial charge in [-0.25, -0.2) is 4.98 Å². The summed E-state index contributed by atoms with van der Waals surface area (Å²) in [7, 11) is 0. The molecule has 0 saturated heterocycles. The summed E-state index contributed by atoms with van der Waals surface area (Å²) in [4.78, 5) is 18.9. The maximum atomic E-state index is 12.7. The van der Waals surface area contributed by atoms with Gasteiger partial charge in [0.15, 0.2) is 5.69 Å². The summed E-state index contributed by atoms with van der Waals surface area (Å²) in [5, 5.41) is 0. The Morgan fingerprint density at radius 2 is 2.00 bits per heavy atom. The SMILES string of the molecule is Nc1cccnc1C(=O)N(CC1CCCCC1)C1CC1. The molecule has 0 aromatic carbocycles. The lowest BCUT2D eigenvalue weighted by molar-refractivity contribution is 0.0694. The quantitative estimate of drug-likeness (QED) is 0.917. The number of carbonyl (C=O) groups is 1. The highest BCUT2D eigenvalue weighted by atomic mass is 16.2. The van der Waals surface area contributed by atoms with Gasteiger partial charge in [0.05, 0.1) is 5.69 Å². The van der Waals surface area contributed by atoms with Gasteiger partial charge in [-0.2, -0.15) is 0 Å². The van der Waals surface area contributed by atoms with Gasteiger partial charge < -0.3 is 10.6 Å². The van der Waals surface area contributed by atoms with Crippen LogP contribution in [0.2, 0.25) is 0 Å². The van der Waals surface area contributed by atoms with Crippen LogP contribution in [-0.2, 0) is 0 Å². The highest BCUT2D eigenvalue weighted by Crippen LogP contribution is 2.32. The van der Waals surface area contributed by atoms with Crippen LogP contribution < -0.4 is 5.73 Å². The second-order valence-electron chi connectivity index (χ2n) is 6.13. The smallest absolute Gasteiger partial charge is 0.274 e. The third-order valence-corrected chi connectivity index (χ3v) is 4.47. The first-order chi connectivity index (χ1) is 9.75. The molecule has 2 fully saturated rings. The van der Waals surface area contributed by atoms with Crippen LogP contribution in [-0.4, -0.2) is 28.4 Å². The van der Waals surface area contributed by atoms with Crippen LogP contribution in [0.5, 0.6) is 0 Å². The Kier molecular flexibility index (Phi) is 3.90. The van der Waals surface area contributed by atoms with Gasteiger partial charge in [-0.15, -0.1) is 0 Å². The Hall–Kier alpha value is -1.58. The zero-order valence-corrected chi connectivity index (χ0v) is 11.9. The number of nitrogens with two attached hydrogens (primary N) is 1. The maximum absolute atomic E-state index is 12.7. The number of hydrogen-bond acceptors (Lipinski definition) is 3. The molecule has 0 bridgehead atoms. The Balaban J connectivity index is 1.73. The number of amides is 1. The molecule has 0 aliphatic heterocycles. The van der Waals surface area contributed by atoms with Crippen LogP contribution in [0, 0.1) is 5.92 Å². The van der Waals surface area contributed by atoms with Crippen molar-refractivity contribution < 1.29 is 4.79 Å². The van der Waals surface area contributed by atoms with Crippen molar-refractivity contribution in [3.63, 3.8) is 0 Å². The third-order valence-electron chi connectivity index (χ3n) is 4.47. The van der Waals surface area contributed by atoms with Crippen molar-refractivity contribution in [2.75, 3.05) is 12.3 Å². The lowest BCUT2D eigenvalue weighted by atomic mass is 9.89. The number of pyridine rings is 1. The summed E-state index contributed by atoms with van der Waals surface area (Å²) in [6.45, 7) is 0.888. The Morgan fingerprint density at radius 3 is 2.65 bits per heavy atom. The number of nitrogens with zero attached hydrogens (tertiary/aromatic N) is 2. The van der Waals surface area contributed by atoms with Gasteiger partial charge in [0.1, 0.15) is 0 Å². The number of nitrogen functional groups attached to an aromatic ring is 1. The van der Waals surface area contributed by atoms with Crippen LogP contribution in [0.1, 0.15) is 55.4 Å². The van der Waals surface area contributed by atoms with E-state index in [0.717, 1.165) is 19.4 Å². The standard InChI is InChI=1S/C16H23N3O/c17-14-7-4-10-18-15(14)16(20)19(13-8-9-13)11-12-5-2-1-3-6-12/h4,7,10,12-13H,1-3,5-6,8-9,11,17H2. The van der Waals surface area contributed by atoms with E-state index in [4.69, 9.17) is 5.73 Å². The fourth-order valence-electron chi connectivity index (χ4n) is 3.16. The van der Waals surface area contributed by atoms with E-state index in [1.165, 1.54) is 32.1 Å². The molecule has 3 rings (SSSR count). The molecule has 2 aliphatic carbocycles. The molecule has 1 aromatic heterocycles. The predicted molar refractivity (Wildman–Crippen MR) is 79.3 cm³/mol. The number of hydrogen-bond donors (Lipinski definition) is 1. The van der Waals surface area contributed by atoms with Gasteiger partial charge in [-0.3, -0.25) is 4.79 Å². The molecule has 0 unspecified atom stereocenters. The lowest BCUT2D eigenvalue weighted by Gasteiger charge is -2.30. The van der Waals surface area contributed by atoms with Crippen molar-refractivity contribution in [3.8, 4) is 0 Å². The molecule has 2 N–H and O–H groups in total. The summed E-state index contributed by atoms with van der Waals surface area (Å²) in [5.41, 5.74) is 6.82. The topological polar surface area (TPSA) is 59.2 Å². The average molecular weight is 273 g/mol. The van der Waals surface area contributed by atoms with Crippen molar-refractivity contribution in [1.29, 1.82) is 0 Å². The molecule has 0 spiro atoms. The highest BCUT2D eigenvalue weighted by Gasteiger charge is 2.35. The Bertz CT molecular complexity index is 478. The minimum atomic E-state index is 0.0242. The van der Waals surface area contributed by atoms with Crippen LogP contribution in [0.25, 0.3) is 0 Å². The second kappa shape index (κ2) is 5.81. The summed E-state index contributed by atoms with van der Waals surface area (Å²) in [5.74, 6) is 0.689. The van der Waals surface area contributed by atoms with E-state index in [-0.39, 0.29) is 5.91 Å². The highest BCUT2D eigenvalue weighted by molar-refractivity contribution is 5.97. The van der Waals surface area contributed by atoms with Crippen molar-refractivity contribution in [1.82, 2.24) is 9.88 Å². The van der Waals surface area contributed by atoms with Gasteiger partial charge in [0.2, 0.25) is 0 Å². The molecule has 20 heavy (non-hydrogen) atoms. The van der Waals surface area contributed by atoms with Crippen LogP contribution in [0.3, 0.4) is 0 Å². The summed E-state index contributed by atoms with van der Waals surface area (Å²) < 4.78 is 0. The molecule has 1 heterocycles. The third kappa shape index (κ3) is 2.94. The van der Waals surface area contributed by atoms with Gasteiger partial charge in [0, 0.05) is 18.8 Å². The first-order valence-electron chi connectivity index (χ1n) is 7.77. The first-order valence-corrected chi connectivity index (χ1v) is 7.77. The zero-order valence-electron chi connectivity index (χ0n) is 11.9. The molecule has 2 saturated carbocycles. The number of rotatable bonds is 4. The molecule has 4 heteroatoms. The summed E-state index contributed by atoms with van der Waals surface area (Å²) in [6, 6.07) is 3.95. The summed E-state index contributed by atoms with van der Waals surface area (Å²) >= 11 is 0. The number of anilines is 1. The van der Waals surface area contributed by atoms with E-state index in [1.54, 1.807) is 18.3 Å². The van der Waals surface area contributed by atoms with Crippen molar-refractivity contribution in [3.05, 3.63) is 24.0 Å². The van der Waals surface area contributed by atoms with Crippen LogP contribution in [0.4, 0.5) is 5.69 Å². The molecule has 1 amide bonds. The number of aromatic nitrogens is 1. The zero-order chi connectivity index (χ0) is 13.9. The monoisotopic (exact) mass is 273 g/mol. The molecule has 2 aliphatic rings. The first kappa shape index (κ1) is 13.4. The van der Waals surface area contributed by atoms with E-state index >= 15 is 0 Å². The van der Waals surface area contributed by atoms with Crippen molar-refractivity contribution >= 4 is 11.6 Å². The second-order valence-corrected chi connectivity index (χ2v) is 6.13. The van der Waals surface area contributed by atoms with E-state index in [1.807, 2.05) is 4.90 Å². The Morgan fingerprint density at radius 1 is 1.25 bits per heavy atom. The normalized spacial score (nSPS) is 19.8. The largest absolute Gasteiger partial charge is 0.397 e. The van der Waals surface area contributed by atoms with Crippen LogP contribution in [0.15, 0.2) is 18.3 Å². The molecular formula is C16H23N3O.